The molecule has 0 atom stereocenters. The first kappa shape index (κ1) is 11.7. The molecular formula is C15H18N2O2. The second-order valence-electron chi connectivity index (χ2n) is 4.88. The second-order valence-corrected chi connectivity index (χ2v) is 4.88. The molecule has 0 aliphatic rings. The first-order valence-corrected chi connectivity index (χ1v) is 5.85. The Hall–Kier alpha value is -2.36. The molecule has 0 aliphatic heterocycles. The summed E-state index contributed by atoms with van der Waals surface area (Å²) in [5.41, 5.74) is 13.0. The molecule has 2 rings (SSSR count). The van der Waals surface area contributed by atoms with Crippen LogP contribution in [0.5, 0.6) is 11.5 Å². The zero-order chi connectivity index (χ0) is 14.9. The molecule has 0 radical (unpaired) electrons. The maximum Gasteiger partial charge on any atom is 0.138 e. The highest BCUT2D eigenvalue weighted by molar-refractivity contribution is 5.59. The van der Waals surface area contributed by atoms with Crippen molar-refractivity contribution in [3.63, 3.8) is 0 Å². The minimum atomic E-state index is -0.621. The Kier molecular flexibility index (Phi) is 2.71. The van der Waals surface area contributed by atoms with Gasteiger partial charge in [-0.05, 0) is 35.4 Å². The number of nitrogens with two attached hydrogens (primary N) is 2. The van der Waals surface area contributed by atoms with Gasteiger partial charge in [0, 0.05) is 6.79 Å². The molecule has 2 aromatic rings. The van der Waals surface area contributed by atoms with E-state index in [1.165, 1.54) is 12.1 Å². The van der Waals surface area contributed by atoms with Gasteiger partial charge in [0.05, 0.1) is 11.4 Å². The fourth-order valence-corrected chi connectivity index (χ4v) is 1.96. The van der Waals surface area contributed by atoms with Crippen LogP contribution in [-0.4, -0.2) is 10.2 Å². The van der Waals surface area contributed by atoms with Crippen LogP contribution in [-0.2, 0) is 5.41 Å². The predicted molar refractivity (Wildman–Crippen MR) is 77.2 cm³/mol. The lowest BCUT2D eigenvalue weighted by molar-refractivity contribution is 0.477. The number of hydrogen-bond donors (Lipinski definition) is 4. The standard InChI is InChI=1S/C15H18N2O2/c1-15(2,9-3-5-13(18)11(16)7-9)10-4-6-14(19)12(17)8-10/h3-8,18-19H,16-17H2,1-2H3/i1D. The molecule has 6 N–H and O–H groups in total. The van der Waals surface area contributed by atoms with Crippen molar-refractivity contribution in [2.24, 2.45) is 0 Å². The third-order valence-corrected chi connectivity index (χ3v) is 3.33. The Morgan fingerprint density at radius 1 is 0.947 bits per heavy atom. The Morgan fingerprint density at radius 3 is 1.68 bits per heavy atom. The number of benzene rings is 2. The van der Waals surface area contributed by atoms with Crippen molar-refractivity contribution >= 4 is 11.4 Å². The molecule has 0 fully saturated rings. The minimum Gasteiger partial charge on any atom is -0.506 e. The fourth-order valence-electron chi connectivity index (χ4n) is 1.96. The second kappa shape index (κ2) is 4.39. The normalized spacial score (nSPS) is 12.2. The quantitative estimate of drug-likeness (QED) is 0.492. The molecule has 0 unspecified atom stereocenters. The van der Waals surface area contributed by atoms with E-state index in [0.29, 0.717) is 0 Å². The summed E-state index contributed by atoms with van der Waals surface area (Å²) in [6, 6.07) is 9.83. The number of phenols is 2. The summed E-state index contributed by atoms with van der Waals surface area (Å²) < 4.78 is 7.87. The van der Waals surface area contributed by atoms with Crippen molar-refractivity contribution in [1.82, 2.24) is 0 Å². The molecule has 4 heteroatoms. The van der Waals surface area contributed by atoms with Gasteiger partial charge in [-0.1, -0.05) is 26.0 Å². The number of aromatic hydroxyl groups is 2. The van der Waals surface area contributed by atoms with Crippen LogP contribution in [0.15, 0.2) is 36.4 Å². The van der Waals surface area contributed by atoms with E-state index in [4.69, 9.17) is 12.8 Å². The molecule has 2 aromatic carbocycles. The highest BCUT2D eigenvalue weighted by Crippen LogP contribution is 2.36. The third-order valence-electron chi connectivity index (χ3n) is 3.33. The molecule has 0 amide bonds. The van der Waals surface area contributed by atoms with Crippen molar-refractivity contribution in [2.75, 3.05) is 11.5 Å². The average Bonchev–Trinajstić information content (AvgIpc) is 2.44. The molecule has 4 nitrogen and oxygen atoms in total. The summed E-state index contributed by atoms with van der Waals surface area (Å²) in [4.78, 5) is 0. The van der Waals surface area contributed by atoms with E-state index in [2.05, 4.69) is 0 Å². The van der Waals surface area contributed by atoms with Crippen molar-refractivity contribution in [3.8, 4) is 11.5 Å². The highest BCUT2D eigenvalue weighted by Gasteiger charge is 2.24. The van der Waals surface area contributed by atoms with Gasteiger partial charge < -0.3 is 21.7 Å². The molecule has 0 saturated heterocycles. The average molecular weight is 259 g/mol. The van der Waals surface area contributed by atoms with Crippen LogP contribution in [0.3, 0.4) is 0 Å². The van der Waals surface area contributed by atoms with Crippen LogP contribution in [0, 0.1) is 0 Å². The van der Waals surface area contributed by atoms with Gasteiger partial charge in [0.1, 0.15) is 11.5 Å². The monoisotopic (exact) mass is 259 g/mol. The Bertz CT molecular complexity index is 592. The summed E-state index contributed by atoms with van der Waals surface area (Å²) >= 11 is 0. The first-order valence-electron chi connectivity index (χ1n) is 6.56. The minimum absolute atomic E-state index is 0.0197. The number of rotatable bonds is 2. The van der Waals surface area contributed by atoms with E-state index in [0.717, 1.165) is 11.1 Å². The predicted octanol–water partition coefficient (Wildman–Crippen LogP) is 2.59. The van der Waals surface area contributed by atoms with Gasteiger partial charge in [0.25, 0.3) is 0 Å². The Balaban J connectivity index is 2.57. The van der Waals surface area contributed by atoms with Gasteiger partial charge >= 0.3 is 0 Å². The van der Waals surface area contributed by atoms with E-state index in [-0.39, 0.29) is 29.8 Å². The largest absolute Gasteiger partial charge is 0.506 e. The molecular weight excluding hydrogens is 240 g/mol. The van der Waals surface area contributed by atoms with Crippen molar-refractivity contribution in [1.29, 1.82) is 0 Å². The molecule has 0 heterocycles. The van der Waals surface area contributed by atoms with Gasteiger partial charge in [0.15, 0.2) is 0 Å². The topological polar surface area (TPSA) is 92.5 Å². The number of hydrogen-bond acceptors (Lipinski definition) is 4. The van der Waals surface area contributed by atoms with E-state index in [9.17, 15) is 10.2 Å². The summed E-state index contributed by atoms with van der Waals surface area (Å²) in [6.45, 7) is 1.99. The summed E-state index contributed by atoms with van der Waals surface area (Å²) in [6.07, 6.45) is 0. The van der Waals surface area contributed by atoms with Crippen molar-refractivity contribution < 1.29 is 11.6 Å². The van der Waals surface area contributed by atoms with E-state index >= 15 is 0 Å². The van der Waals surface area contributed by atoms with E-state index < -0.39 is 5.41 Å². The van der Waals surface area contributed by atoms with Crippen LogP contribution in [0.4, 0.5) is 11.4 Å². The smallest absolute Gasteiger partial charge is 0.138 e. The van der Waals surface area contributed by atoms with Crippen molar-refractivity contribution in [3.05, 3.63) is 47.5 Å². The summed E-state index contributed by atoms with van der Waals surface area (Å²) in [5, 5.41) is 19.0. The molecule has 0 bridgehead atoms. The lowest BCUT2D eigenvalue weighted by atomic mass is 9.78. The zero-order valence-electron chi connectivity index (χ0n) is 11.7. The molecule has 19 heavy (non-hydrogen) atoms. The molecule has 0 aliphatic carbocycles. The summed E-state index contributed by atoms with van der Waals surface area (Å²) in [7, 11) is 0. The van der Waals surface area contributed by atoms with Crippen LogP contribution in [0.1, 0.15) is 26.3 Å². The Morgan fingerprint density at radius 2 is 1.37 bits per heavy atom. The SMILES string of the molecule is [2H]CC(C)(c1ccc(O)c(N)c1)c1ccc(O)c(N)c1. The van der Waals surface area contributed by atoms with E-state index in [1.54, 1.807) is 24.3 Å². The van der Waals surface area contributed by atoms with Gasteiger partial charge in [-0.15, -0.1) is 0 Å². The van der Waals surface area contributed by atoms with Crippen LogP contribution in [0.2, 0.25) is 0 Å². The molecule has 100 valence electrons. The Labute approximate surface area is 113 Å². The molecule has 0 aromatic heterocycles. The van der Waals surface area contributed by atoms with Gasteiger partial charge in [0.2, 0.25) is 0 Å². The number of phenolic OH excluding ortho intramolecular Hbond substituents is 2. The summed E-state index contributed by atoms with van der Waals surface area (Å²) in [5.74, 6) is 0.0394. The first-order chi connectivity index (χ1) is 9.38. The maximum absolute atomic E-state index is 9.51. The lowest BCUT2D eigenvalue weighted by Gasteiger charge is -2.27. The van der Waals surface area contributed by atoms with Crippen molar-refractivity contribution in [2.45, 2.75) is 19.2 Å². The lowest BCUT2D eigenvalue weighted by Crippen LogP contribution is -2.19. The van der Waals surface area contributed by atoms with Gasteiger partial charge in [-0.2, -0.15) is 0 Å². The molecule has 0 saturated carbocycles. The van der Waals surface area contributed by atoms with E-state index in [1.807, 2.05) is 6.92 Å². The van der Waals surface area contributed by atoms with Crippen LogP contribution in [0.25, 0.3) is 0 Å². The molecule has 0 spiro atoms. The highest BCUT2D eigenvalue weighted by atomic mass is 16.3. The van der Waals surface area contributed by atoms with Gasteiger partial charge in [-0.3, -0.25) is 0 Å². The van der Waals surface area contributed by atoms with Gasteiger partial charge in [-0.25, -0.2) is 0 Å². The number of anilines is 2. The maximum atomic E-state index is 9.51. The third kappa shape index (κ3) is 2.29. The van der Waals surface area contributed by atoms with Crippen LogP contribution >= 0.6 is 0 Å². The van der Waals surface area contributed by atoms with Crippen LogP contribution < -0.4 is 11.5 Å². The zero-order valence-corrected chi connectivity index (χ0v) is 10.7. The fraction of sp³-hybridized carbons (Fsp3) is 0.200. The number of nitrogen functional groups attached to an aromatic ring is 2.